The second-order valence-corrected chi connectivity index (χ2v) is 10.1. The van der Waals surface area contributed by atoms with Crippen molar-refractivity contribution in [1.82, 2.24) is 10.2 Å². The van der Waals surface area contributed by atoms with Crippen LogP contribution in [0, 0.1) is 5.82 Å². The molecule has 1 atom stereocenters. The van der Waals surface area contributed by atoms with Crippen LogP contribution in [0.3, 0.4) is 0 Å². The van der Waals surface area contributed by atoms with Gasteiger partial charge in [0.15, 0.2) is 0 Å². The van der Waals surface area contributed by atoms with Gasteiger partial charge in [0.2, 0.25) is 11.8 Å². The number of likely N-dealkylation sites (N-methyl/N-ethyl adjacent to an activating group) is 1. The summed E-state index contributed by atoms with van der Waals surface area (Å²) in [4.78, 5) is 27.6. The van der Waals surface area contributed by atoms with E-state index in [2.05, 4.69) is 5.32 Å². The molecule has 0 aliphatic heterocycles. The molecule has 0 radical (unpaired) electrons. The molecular formula is C27H30FN3O5S. The number of anilines is 1. The topological polar surface area (TPSA) is 96.0 Å². The van der Waals surface area contributed by atoms with E-state index in [-0.39, 0.29) is 23.0 Å². The molecule has 0 bridgehead atoms. The minimum atomic E-state index is -4.24. The van der Waals surface area contributed by atoms with Crippen LogP contribution in [0.1, 0.15) is 19.4 Å². The maximum atomic E-state index is 13.7. The molecule has 0 aromatic heterocycles. The van der Waals surface area contributed by atoms with E-state index in [0.717, 1.165) is 34.1 Å². The molecule has 0 aliphatic carbocycles. The Morgan fingerprint density at radius 1 is 0.973 bits per heavy atom. The highest BCUT2D eigenvalue weighted by atomic mass is 32.2. The Hall–Kier alpha value is -3.92. The van der Waals surface area contributed by atoms with Gasteiger partial charge >= 0.3 is 0 Å². The largest absolute Gasteiger partial charge is 0.497 e. The Morgan fingerprint density at radius 2 is 1.59 bits per heavy atom. The zero-order valence-corrected chi connectivity index (χ0v) is 21.7. The minimum absolute atomic E-state index is 0.0698. The van der Waals surface area contributed by atoms with Crippen molar-refractivity contribution in [3.8, 4) is 5.75 Å². The number of nitrogens with zero attached hydrogens (tertiary/aromatic N) is 2. The number of carbonyl (C=O) groups is 2. The van der Waals surface area contributed by atoms with E-state index >= 15 is 0 Å². The third-order valence-electron chi connectivity index (χ3n) is 5.75. The van der Waals surface area contributed by atoms with E-state index in [1.807, 2.05) is 0 Å². The van der Waals surface area contributed by atoms with Crippen LogP contribution >= 0.6 is 0 Å². The Balaban J connectivity index is 1.98. The highest BCUT2D eigenvalue weighted by molar-refractivity contribution is 7.92. The molecule has 0 saturated heterocycles. The summed E-state index contributed by atoms with van der Waals surface area (Å²) in [5.74, 6) is -0.886. The zero-order valence-electron chi connectivity index (χ0n) is 20.9. The quantitative estimate of drug-likeness (QED) is 0.411. The van der Waals surface area contributed by atoms with Crippen LogP contribution in [-0.2, 0) is 26.2 Å². The Labute approximate surface area is 216 Å². The molecule has 0 unspecified atom stereocenters. The van der Waals surface area contributed by atoms with Crippen molar-refractivity contribution in [1.29, 1.82) is 0 Å². The number of sulfonamides is 1. The number of amides is 2. The molecule has 0 fully saturated rings. The standard InChI is InChI=1S/C27H30FN3O5S/c1-4-29-27(33)20(2)30(18-21-10-14-24(36-3)15-11-21)26(32)19-31(23-8-6-5-7-9-23)37(34,35)25-16-12-22(28)13-17-25/h5-17,20H,4,18-19H2,1-3H3,(H,29,33)/t20-/m0/s1. The van der Waals surface area contributed by atoms with Gasteiger partial charge in [-0.2, -0.15) is 0 Å². The van der Waals surface area contributed by atoms with Gasteiger partial charge in [0, 0.05) is 13.1 Å². The summed E-state index contributed by atoms with van der Waals surface area (Å²) in [7, 11) is -2.69. The number of rotatable bonds is 11. The van der Waals surface area contributed by atoms with E-state index in [0.29, 0.717) is 12.3 Å². The molecule has 3 aromatic carbocycles. The number of ether oxygens (including phenoxy) is 1. The predicted octanol–water partition coefficient (Wildman–Crippen LogP) is 3.58. The van der Waals surface area contributed by atoms with Crippen molar-refractivity contribution in [2.45, 2.75) is 31.3 Å². The summed E-state index contributed by atoms with van der Waals surface area (Å²) < 4.78 is 46.8. The number of para-hydroxylation sites is 1. The number of nitrogens with one attached hydrogen (secondary N) is 1. The second-order valence-electron chi connectivity index (χ2n) is 8.24. The number of benzene rings is 3. The summed E-state index contributed by atoms with van der Waals surface area (Å²) in [6, 6.07) is 18.7. The molecule has 2 amide bonds. The van der Waals surface area contributed by atoms with Crippen LogP contribution in [-0.4, -0.2) is 51.4 Å². The van der Waals surface area contributed by atoms with Crippen LogP contribution in [0.2, 0.25) is 0 Å². The lowest BCUT2D eigenvalue weighted by Crippen LogP contribution is -2.51. The number of methoxy groups -OCH3 is 1. The Morgan fingerprint density at radius 3 is 2.16 bits per heavy atom. The number of carbonyl (C=O) groups excluding carboxylic acids is 2. The molecule has 196 valence electrons. The van der Waals surface area contributed by atoms with Crippen molar-refractivity contribution in [3.05, 3.63) is 90.2 Å². The number of hydrogen-bond acceptors (Lipinski definition) is 5. The van der Waals surface area contributed by atoms with Gasteiger partial charge in [-0.15, -0.1) is 0 Å². The molecule has 3 rings (SSSR count). The van der Waals surface area contributed by atoms with E-state index in [1.165, 1.54) is 4.90 Å². The van der Waals surface area contributed by atoms with E-state index in [1.54, 1.807) is 75.6 Å². The zero-order chi connectivity index (χ0) is 27.0. The van der Waals surface area contributed by atoms with Crippen LogP contribution in [0.5, 0.6) is 5.75 Å². The normalized spacial score (nSPS) is 11.9. The monoisotopic (exact) mass is 527 g/mol. The molecule has 3 aromatic rings. The summed E-state index contributed by atoms with van der Waals surface area (Å²) in [5.41, 5.74) is 0.994. The molecule has 0 aliphatic rings. The number of halogens is 1. The molecule has 0 spiro atoms. The first-order chi connectivity index (χ1) is 17.7. The highest BCUT2D eigenvalue weighted by Crippen LogP contribution is 2.25. The maximum absolute atomic E-state index is 13.7. The van der Waals surface area contributed by atoms with Gasteiger partial charge in [-0.3, -0.25) is 13.9 Å². The minimum Gasteiger partial charge on any atom is -0.497 e. The first-order valence-electron chi connectivity index (χ1n) is 11.7. The first kappa shape index (κ1) is 27.7. The molecule has 37 heavy (non-hydrogen) atoms. The van der Waals surface area contributed by atoms with Crippen LogP contribution in [0.15, 0.2) is 83.8 Å². The van der Waals surface area contributed by atoms with E-state index < -0.39 is 34.3 Å². The molecule has 10 heteroatoms. The summed E-state index contributed by atoms with van der Waals surface area (Å²) in [6.45, 7) is 3.24. The lowest BCUT2D eigenvalue weighted by Gasteiger charge is -2.32. The van der Waals surface area contributed by atoms with Gasteiger partial charge in [-0.25, -0.2) is 12.8 Å². The number of hydrogen-bond donors (Lipinski definition) is 1. The average Bonchev–Trinajstić information content (AvgIpc) is 2.91. The fraction of sp³-hybridized carbons (Fsp3) is 0.259. The van der Waals surface area contributed by atoms with Gasteiger partial charge in [0.25, 0.3) is 10.0 Å². The highest BCUT2D eigenvalue weighted by Gasteiger charge is 2.32. The van der Waals surface area contributed by atoms with Crippen LogP contribution in [0.25, 0.3) is 0 Å². The molecule has 0 saturated carbocycles. The van der Waals surface area contributed by atoms with Gasteiger partial charge < -0.3 is 15.0 Å². The molecular weight excluding hydrogens is 497 g/mol. The van der Waals surface area contributed by atoms with Crippen LogP contribution < -0.4 is 14.4 Å². The predicted molar refractivity (Wildman–Crippen MR) is 139 cm³/mol. The van der Waals surface area contributed by atoms with Crippen molar-refractivity contribution < 1.29 is 27.1 Å². The SMILES string of the molecule is CCNC(=O)[C@H](C)N(Cc1ccc(OC)cc1)C(=O)CN(c1ccccc1)S(=O)(=O)c1ccc(F)cc1. The Bertz CT molecular complexity index is 1300. The third kappa shape index (κ3) is 6.85. The molecule has 8 nitrogen and oxygen atoms in total. The lowest BCUT2D eigenvalue weighted by molar-refractivity contribution is -0.139. The second kappa shape index (κ2) is 12.4. The fourth-order valence-corrected chi connectivity index (χ4v) is 5.10. The van der Waals surface area contributed by atoms with Gasteiger partial charge in [0.1, 0.15) is 24.2 Å². The first-order valence-corrected chi connectivity index (χ1v) is 13.1. The smallest absolute Gasteiger partial charge is 0.264 e. The fourth-order valence-electron chi connectivity index (χ4n) is 3.69. The van der Waals surface area contributed by atoms with Crippen molar-refractivity contribution >= 4 is 27.5 Å². The maximum Gasteiger partial charge on any atom is 0.264 e. The molecule has 1 N–H and O–H groups in total. The van der Waals surface area contributed by atoms with Gasteiger partial charge in [-0.05, 0) is 67.9 Å². The van der Waals surface area contributed by atoms with Crippen molar-refractivity contribution in [2.75, 3.05) is 24.5 Å². The van der Waals surface area contributed by atoms with Crippen molar-refractivity contribution in [2.24, 2.45) is 0 Å². The Kier molecular flexibility index (Phi) is 9.24. The lowest BCUT2D eigenvalue weighted by atomic mass is 10.1. The summed E-state index contributed by atoms with van der Waals surface area (Å²) in [5, 5.41) is 2.71. The van der Waals surface area contributed by atoms with E-state index in [4.69, 9.17) is 4.74 Å². The van der Waals surface area contributed by atoms with Crippen LogP contribution in [0.4, 0.5) is 10.1 Å². The summed E-state index contributed by atoms with van der Waals surface area (Å²) >= 11 is 0. The average molecular weight is 528 g/mol. The van der Waals surface area contributed by atoms with E-state index in [9.17, 15) is 22.4 Å². The van der Waals surface area contributed by atoms with Gasteiger partial charge in [0.05, 0.1) is 17.7 Å². The van der Waals surface area contributed by atoms with Crippen molar-refractivity contribution in [3.63, 3.8) is 0 Å². The third-order valence-corrected chi connectivity index (χ3v) is 7.54. The summed E-state index contributed by atoms with van der Waals surface area (Å²) in [6.07, 6.45) is 0. The molecule has 0 heterocycles. The van der Waals surface area contributed by atoms with Gasteiger partial charge in [-0.1, -0.05) is 30.3 Å².